The summed E-state index contributed by atoms with van der Waals surface area (Å²) in [5, 5.41) is 5.39. The van der Waals surface area contributed by atoms with Crippen molar-refractivity contribution in [2.24, 2.45) is 0 Å². The Morgan fingerprint density at radius 2 is 2.15 bits per heavy atom. The Balaban J connectivity index is 2.47. The number of rotatable bonds is 4. The van der Waals surface area contributed by atoms with E-state index in [0.717, 1.165) is 17.8 Å². The standard InChI is InChI=1S/C13H19N5O2/c1-4-8-11(14-3)15-7-16-12(8)18-6-10(19)17-13(20)9(18)5-2/h7,9H,4-6H2,1-3H3,(H,14,15,16)(H,17,19,20). The molecule has 1 aromatic rings. The molecule has 0 spiro atoms. The van der Waals surface area contributed by atoms with E-state index in [1.165, 1.54) is 6.33 Å². The molecule has 2 N–H and O–H groups in total. The Hall–Kier alpha value is -2.18. The molecule has 1 atom stereocenters. The summed E-state index contributed by atoms with van der Waals surface area (Å²) in [7, 11) is 1.79. The second-order valence-electron chi connectivity index (χ2n) is 4.59. The molecule has 0 aromatic carbocycles. The number of aromatic nitrogens is 2. The molecule has 0 radical (unpaired) electrons. The second-order valence-corrected chi connectivity index (χ2v) is 4.59. The van der Waals surface area contributed by atoms with Gasteiger partial charge in [-0.15, -0.1) is 0 Å². The fourth-order valence-corrected chi connectivity index (χ4v) is 2.49. The van der Waals surface area contributed by atoms with Crippen molar-refractivity contribution < 1.29 is 9.59 Å². The molecule has 2 amide bonds. The van der Waals surface area contributed by atoms with Crippen molar-refractivity contribution in [1.82, 2.24) is 15.3 Å². The summed E-state index contributed by atoms with van der Waals surface area (Å²) >= 11 is 0. The Morgan fingerprint density at radius 3 is 2.75 bits per heavy atom. The van der Waals surface area contributed by atoms with Crippen molar-refractivity contribution in [2.75, 3.05) is 23.8 Å². The van der Waals surface area contributed by atoms with Crippen molar-refractivity contribution in [3.05, 3.63) is 11.9 Å². The maximum atomic E-state index is 11.9. The summed E-state index contributed by atoms with van der Waals surface area (Å²) in [5.74, 6) is 0.814. The maximum Gasteiger partial charge on any atom is 0.249 e. The van der Waals surface area contributed by atoms with Crippen LogP contribution < -0.4 is 15.5 Å². The van der Waals surface area contributed by atoms with Crippen LogP contribution in [0.1, 0.15) is 25.8 Å². The molecule has 2 heterocycles. The van der Waals surface area contributed by atoms with Gasteiger partial charge >= 0.3 is 0 Å². The monoisotopic (exact) mass is 277 g/mol. The van der Waals surface area contributed by atoms with Gasteiger partial charge in [-0.05, 0) is 12.8 Å². The van der Waals surface area contributed by atoms with Crippen LogP contribution in [0.2, 0.25) is 0 Å². The first-order valence-corrected chi connectivity index (χ1v) is 6.74. The quantitative estimate of drug-likeness (QED) is 0.771. The highest BCUT2D eigenvalue weighted by atomic mass is 16.2. The van der Waals surface area contributed by atoms with E-state index in [1.807, 2.05) is 13.8 Å². The number of nitrogens with one attached hydrogen (secondary N) is 2. The molecular weight excluding hydrogens is 258 g/mol. The van der Waals surface area contributed by atoms with Gasteiger partial charge in [0, 0.05) is 12.6 Å². The lowest BCUT2D eigenvalue weighted by Gasteiger charge is -2.35. The number of hydrogen-bond donors (Lipinski definition) is 2. The van der Waals surface area contributed by atoms with Gasteiger partial charge in [0.1, 0.15) is 24.0 Å². The van der Waals surface area contributed by atoms with Crippen molar-refractivity contribution in [3.8, 4) is 0 Å². The van der Waals surface area contributed by atoms with Crippen LogP contribution in [0, 0.1) is 0 Å². The van der Waals surface area contributed by atoms with E-state index in [0.29, 0.717) is 12.2 Å². The zero-order chi connectivity index (χ0) is 14.7. The zero-order valence-electron chi connectivity index (χ0n) is 11.9. The third-order valence-corrected chi connectivity index (χ3v) is 3.43. The van der Waals surface area contributed by atoms with Gasteiger partial charge in [0.25, 0.3) is 0 Å². The summed E-state index contributed by atoms with van der Waals surface area (Å²) in [6, 6.07) is -0.377. The minimum Gasteiger partial charge on any atom is -0.373 e. The van der Waals surface area contributed by atoms with Crippen LogP contribution in [0.3, 0.4) is 0 Å². The highest BCUT2D eigenvalue weighted by Crippen LogP contribution is 2.27. The lowest BCUT2D eigenvalue weighted by atomic mass is 10.1. The molecule has 1 unspecified atom stereocenters. The molecule has 7 heteroatoms. The maximum absolute atomic E-state index is 11.9. The van der Waals surface area contributed by atoms with Gasteiger partial charge in [0.2, 0.25) is 11.8 Å². The minimum atomic E-state index is -0.377. The highest BCUT2D eigenvalue weighted by Gasteiger charge is 2.34. The van der Waals surface area contributed by atoms with Crippen molar-refractivity contribution in [3.63, 3.8) is 0 Å². The average molecular weight is 277 g/mol. The van der Waals surface area contributed by atoms with Gasteiger partial charge in [-0.1, -0.05) is 13.8 Å². The Bertz CT molecular complexity index is 531. The SMILES string of the molecule is CCc1c(NC)ncnc1N1CC(=O)NC(=O)C1CC. The summed E-state index contributed by atoms with van der Waals surface area (Å²) in [6.07, 6.45) is 2.78. The normalized spacial score (nSPS) is 18.9. The number of hydrogen-bond acceptors (Lipinski definition) is 6. The van der Waals surface area contributed by atoms with Crippen LogP contribution in [0.15, 0.2) is 6.33 Å². The third kappa shape index (κ3) is 2.43. The first-order chi connectivity index (χ1) is 9.62. The van der Waals surface area contributed by atoms with E-state index in [9.17, 15) is 9.59 Å². The first kappa shape index (κ1) is 14.2. The number of carbonyl (C=O) groups excluding carboxylic acids is 2. The molecule has 0 aliphatic carbocycles. The summed E-state index contributed by atoms with van der Waals surface area (Å²) in [5.41, 5.74) is 0.913. The predicted octanol–water partition coefficient (Wildman–Crippen LogP) is 0.322. The van der Waals surface area contributed by atoms with Gasteiger partial charge in [-0.2, -0.15) is 0 Å². The van der Waals surface area contributed by atoms with Crippen LogP contribution in [0.4, 0.5) is 11.6 Å². The zero-order valence-corrected chi connectivity index (χ0v) is 11.9. The number of imide groups is 1. The number of amides is 2. The van der Waals surface area contributed by atoms with Crippen molar-refractivity contribution >= 4 is 23.5 Å². The largest absolute Gasteiger partial charge is 0.373 e. The van der Waals surface area contributed by atoms with Crippen LogP contribution in [0.25, 0.3) is 0 Å². The third-order valence-electron chi connectivity index (χ3n) is 3.43. The minimum absolute atomic E-state index is 0.136. The van der Waals surface area contributed by atoms with Gasteiger partial charge in [0.15, 0.2) is 0 Å². The van der Waals surface area contributed by atoms with Crippen LogP contribution in [-0.4, -0.2) is 41.4 Å². The molecule has 1 fully saturated rings. The average Bonchev–Trinajstić information content (AvgIpc) is 2.45. The lowest BCUT2D eigenvalue weighted by molar-refractivity contribution is -0.132. The van der Waals surface area contributed by atoms with Gasteiger partial charge in [-0.3, -0.25) is 14.9 Å². The van der Waals surface area contributed by atoms with E-state index in [-0.39, 0.29) is 24.4 Å². The molecule has 0 saturated carbocycles. The molecule has 20 heavy (non-hydrogen) atoms. The number of carbonyl (C=O) groups is 2. The topological polar surface area (TPSA) is 87.2 Å². The second kappa shape index (κ2) is 5.85. The lowest BCUT2D eigenvalue weighted by Crippen LogP contribution is -2.58. The number of nitrogens with zero attached hydrogens (tertiary/aromatic N) is 3. The summed E-state index contributed by atoms with van der Waals surface area (Å²) < 4.78 is 0. The predicted molar refractivity (Wildman–Crippen MR) is 75.5 cm³/mol. The molecule has 1 saturated heterocycles. The number of piperazine rings is 1. The van der Waals surface area contributed by atoms with Crippen molar-refractivity contribution in [2.45, 2.75) is 32.7 Å². The van der Waals surface area contributed by atoms with Crippen LogP contribution >= 0.6 is 0 Å². The van der Waals surface area contributed by atoms with E-state index < -0.39 is 0 Å². The van der Waals surface area contributed by atoms with E-state index in [4.69, 9.17) is 0 Å². The van der Waals surface area contributed by atoms with Crippen molar-refractivity contribution in [1.29, 1.82) is 0 Å². The van der Waals surface area contributed by atoms with Gasteiger partial charge in [0.05, 0.1) is 6.54 Å². The fraction of sp³-hybridized carbons (Fsp3) is 0.538. The summed E-state index contributed by atoms with van der Waals surface area (Å²) in [6.45, 7) is 4.05. The van der Waals surface area contributed by atoms with Gasteiger partial charge < -0.3 is 10.2 Å². The molecule has 108 valence electrons. The first-order valence-electron chi connectivity index (χ1n) is 6.74. The molecule has 1 aliphatic rings. The Kier molecular flexibility index (Phi) is 4.16. The smallest absolute Gasteiger partial charge is 0.249 e. The molecule has 1 aromatic heterocycles. The fourth-order valence-electron chi connectivity index (χ4n) is 2.49. The Labute approximate surface area is 117 Å². The summed E-state index contributed by atoms with van der Waals surface area (Å²) in [4.78, 5) is 33.8. The van der Waals surface area contributed by atoms with E-state index >= 15 is 0 Å². The molecule has 7 nitrogen and oxygen atoms in total. The van der Waals surface area contributed by atoms with Crippen LogP contribution in [-0.2, 0) is 16.0 Å². The van der Waals surface area contributed by atoms with E-state index in [1.54, 1.807) is 11.9 Å². The molecule has 2 rings (SSSR count). The van der Waals surface area contributed by atoms with Crippen LogP contribution in [0.5, 0.6) is 0 Å². The van der Waals surface area contributed by atoms with E-state index in [2.05, 4.69) is 20.6 Å². The van der Waals surface area contributed by atoms with Gasteiger partial charge in [-0.25, -0.2) is 9.97 Å². The Morgan fingerprint density at radius 1 is 1.40 bits per heavy atom. The molecular formula is C13H19N5O2. The number of anilines is 2. The highest BCUT2D eigenvalue weighted by molar-refractivity contribution is 6.04. The molecule has 1 aliphatic heterocycles. The molecule has 0 bridgehead atoms.